The average Bonchev–Trinajstić information content (AvgIpc) is 2.30. The van der Waals surface area contributed by atoms with Crippen LogP contribution in [0.25, 0.3) is 0 Å². The lowest BCUT2D eigenvalue weighted by molar-refractivity contribution is 0.0618. The molecular formula is C15H23NO2. The average molecular weight is 249 g/mol. The second kappa shape index (κ2) is 5.19. The van der Waals surface area contributed by atoms with Gasteiger partial charge in [-0.2, -0.15) is 0 Å². The van der Waals surface area contributed by atoms with Crippen molar-refractivity contribution < 1.29 is 9.47 Å². The van der Waals surface area contributed by atoms with E-state index < -0.39 is 0 Å². The van der Waals surface area contributed by atoms with E-state index in [1.165, 1.54) is 5.56 Å². The molecule has 0 amide bonds. The van der Waals surface area contributed by atoms with Crippen LogP contribution >= 0.6 is 0 Å². The Morgan fingerprint density at radius 1 is 1.39 bits per heavy atom. The minimum absolute atomic E-state index is 0.160. The monoisotopic (exact) mass is 249 g/mol. The van der Waals surface area contributed by atoms with Crippen molar-refractivity contribution in [2.24, 2.45) is 0 Å². The number of fused-ring (bicyclic) bond motifs is 1. The number of benzene rings is 1. The summed E-state index contributed by atoms with van der Waals surface area (Å²) in [4.78, 5) is 0. The SMILES string of the molecule is CCNC1CC(C)(C)Oc2c(OCC)cccc21. The quantitative estimate of drug-likeness (QED) is 0.888. The highest BCUT2D eigenvalue weighted by Gasteiger charge is 2.34. The Morgan fingerprint density at radius 2 is 2.17 bits per heavy atom. The molecule has 0 aliphatic carbocycles. The molecule has 1 heterocycles. The van der Waals surface area contributed by atoms with Crippen molar-refractivity contribution in [3.63, 3.8) is 0 Å². The van der Waals surface area contributed by atoms with Gasteiger partial charge in [-0.15, -0.1) is 0 Å². The zero-order chi connectivity index (χ0) is 13.2. The molecule has 18 heavy (non-hydrogen) atoms. The molecule has 3 heteroatoms. The lowest BCUT2D eigenvalue weighted by atomic mass is 9.89. The Balaban J connectivity index is 2.41. The van der Waals surface area contributed by atoms with E-state index in [4.69, 9.17) is 9.47 Å². The third kappa shape index (κ3) is 2.61. The van der Waals surface area contributed by atoms with Gasteiger partial charge in [0.1, 0.15) is 5.60 Å². The molecule has 0 bridgehead atoms. The van der Waals surface area contributed by atoms with Crippen molar-refractivity contribution in [3.8, 4) is 11.5 Å². The molecule has 0 radical (unpaired) electrons. The molecule has 1 N–H and O–H groups in total. The van der Waals surface area contributed by atoms with Gasteiger partial charge in [-0.1, -0.05) is 19.1 Å². The maximum atomic E-state index is 6.11. The van der Waals surface area contributed by atoms with Gasteiger partial charge >= 0.3 is 0 Å². The van der Waals surface area contributed by atoms with Gasteiger partial charge in [0, 0.05) is 18.0 Å². The smallest absolute Gasteiger partial charge is 0.166 e. The van der Waals surface area contributed by atoms with E-state index in [-0.39, 0.29) is 5.60 Å². The summed E-state index contributed by atoms with van der Waals surface area (Å²) >= 11 is 0. The topological polar surface area (TPSA) is 30.5 Å². The lowest BCUT2D eigenvalue weighted by Crippen LogP contribution is -2.39. The predicted molar refractivity (Wildman–Crippen MR) is 73.4 cm³/mol. The maximum absolute atomic E-state index is 6.11. The van der Waals surface area contributed by atoms with Crippen molar-refractivity contribution in [2.75, 3.05) is 13.2 Å². The Hall–Kier alpha value is -1.22. The molecule has 0 aromatic heterocycles. The van der Waals surface area contributed by atoms with Crippen LogP contribution in [0, 0.1) is 0 Å². The number of ether oxygens (including phenoxy) is 2. The third-order valence-electron chi connectivity index (χ3n) is 3.21. The van der Waals surface area contributed by atoms with Gasteiger partial charge in [-0.3, -0.25) is 0 Å². The number of para-hydroxylation sites is 1. The molecule has 0 fully saturated rings. The highest BCUT2D eigenvalue weighted by atomic mass is 16.5. The summed E-state index contributed by atoms with van der Waals surface area (Å²) in [6.45, 7) is 10.0. The van der Waals surface area contributed by atoms with Crippen LogP contribution in [0.4, 0.5) is 0 Å². The van der Waals surface area contributed by atoms with Crippen molar-refractivity contribution in [3.05, 3.63) is 23.8 Å². The highest BCUT2D eigenvalue weighted by Crippen LogP contribution is 2.44. The van der Waals surface area contributed by atoms with Crippen LogP contribution in [-0.4, -0.2) is 18.8 Å². The van der Waals surface area contributed by atoms with E-state index in [0.717, 1.165) is 24.5 Å². The number of hydrogen-bond donors (Lipinski definition) is 1. The number of rotatable bonds is 4. The Labute approximate surface area is 109 Å². The first-order valence-corrected chi connectivity index (χ1v) is 6.75. The van der Waals surface area contributed by atoms with E-state index >= 15 is 0 Å². The fourth-order valence-corrected chi connectivity index (χ4v) is 2.53. The van der Waals surface area contributed by atoms with Gasteiger partial charge in [-0.25, -0.2) is 0 Å². The Morgan fingerprint density at radius 3 is 2.83 bits per heavy atom. The highest BCUT2D eigenvalue weighted by molar-refractivity contribution is 5.50. The van der Waals surface area contributed by atoms with Crippen LogP contribution < -0.4 is 14.8 Å². The first-order chi connectivity index (χ1) is 8.57. The van der Waals surface area contributed by atoms with Gasteiger partial charge in [0.15, 0.2) is 11.5 Å². The second-order valence-electron chi connectivity index (χ2n) is 5.28. The predicted octanol–water partition coefficient (Wildman–Crippen LogP) is 3.30. The summed E-state index contributed by atoms with van der Waals surface area (Å²) in [6, 6.07) is 6.48. The zero-order valence-corrected chi connectivity index (χ0v) is 11.7. The number of hydrogen-bond acceptors (Lipinski definition) is 3. The molecule has 1 aliphatic rings. The van der Waals surface area contributed by atoms with Crippen molar-refractivity contribution in [2.45, 2.75) is 45.8 Å². The van der Waals surface area contributed by atoms with Gasteiger partial charge in [0.2, 0.25) is 0 Å². The standard InChI is InChI=1S/C15H23NO2/c1-5-16-12-10-15(3,4)18-14-11(12)8-7-9-13(14)17-6-2/h7-9,12,16H,5-6,10H2,1-4H3. The van der Waals surface area contributed by atoms with Crippen LogP contribution in [0.5, 0.6) is 11.5 Å². The largest absolute Gasteiger partial charge is 0.490 e. The summed E-state index contributed by atoms with van der Waals surface area (Å²) in [6.07, 6.45) is 0.976. The molecule has 3 nitrogen and oxygen atoms in total. The first kappa shape index (κ1) is 13.2. The van der Waals surface area contributed by atoms with Crippen LogP contribution in [0.3, 0.4) is 0 Å². The maximum Gasteiger partial charge on any atom is 0.166 e. The van der Waals surface area contributed by atoms with Crippen LogP contribution in [0.15, 0.2) is 18.2 Å². The van der Waals surface area contributed by atoms with Crippen molar-refractivity contribution in [1.29, 1.82) is 0 Å². The molecule has 1 atom stereocenters. The minimum atomic E-state index is -0.160. The van der Waals surface area contributed by atoms with E-state index in [2.05, 4.69) is 32.2 Å². The van der Waals surface area contributed by atoms with Gasteiger partial charge in [-0.05, 0) is 33.4 Å². The molecule has 1 aromatic rings. The van der Waals surface area contributed by atoms with E-state index in [1.807, 2.05) is 19.1 Å². The molecular weight excluding hydrogens is 226 g/mol. The third-order valence-corrected chi connectivity index (χ3v) is 3.21. The number of nitrogens with one attached hydrogen (secondary N) is 1. The van der Waals surface area contributed by atoms with Crippen LogP contribution in [0.1, 0.15) is 45.7 Å². The zero-order valence-electron chi connectivity index (χ0n) is 11.7. The summed E-state index contributed by atoms with van der Waals surface area (Å²) in [5.41, 5.74) is 1.05. The summed E-state index contributed by atoms with van der Waals surface area (Å²) < 4.78 is 11.8. The van der Waals surface area contributed by atoms with Gasteiger partial charge in [0.05, 0.1) is 6.61 Å². The summed E-state index contributed by atoms with van der Waals surface area (Å²) in [5, 5.41) is 3.53. The molecule has 1 aliphatic heterocycles. The van der Waals surface area contributed by atoms with Crippen molar-refractivity contribution >= 4 is 0 Å². The molecule has 0 saturated carbocycles. The van der Waals surface area contributed by atoms with E-state index in [9.17, 15) is 0 Å². The molecule has 2 rings (SSSR count). The first-order valence-electron chi connectivity index (χ1n) is 6.75. The Bertz CT molecular complexity index is 415. The molecule has 0 saturated heterocycles. The fourth-order valence-electron chi connectivity index (χ4n) is 2.53. The van der Waals surface area contributed by atoms with E-state index in [1.54, 1.807) is 0 Å². The summed E-state index contributed by atoms with van der Waals surface area (Å²) in [7, 11) is 0. The van der Waals surface area contributed by atoms with Crippen LogP contribution in [0.2, 0.25) is 0 Å². The van der Waals surface area contributed by atoms with Gasteiger partial charge < -0.3 is 14.8 Å². The summed E-state index contributed by atoms with van der Waals surface area (Å²) in [5.74, 6) is 1.76. The van der Waals surface area contributed by atoms with Crippen molar-refractivity contribution in [1.82, 2.24) is 5.32 Å². The molecule has 1 unspecified atom stereocenters. The van der Waals surface area contributed by atoms with E-state index in [0.29, 0.717) is 12.6 Å². The molecule has 1 aromatic carbocycles. The minimum Gasteiger partial charge on any atom is -0.490 e. The molecule has 100 valence electrons. The second-order valence-corrected chi connectivity index (χ2v) is 5.28. The normalized spacial score (nSPS) is 21.0. The Kier molecular flexibility index (Phi) is 3.81. The van der Waals surface area contributed by atoms with Gasteiger partial charge in [0.25, 0.3) is 0 Å². The molecule has 0 spiro atoms. The van der Waals surface area contributed by atoms with Crippen LogP contribution in [-0.2, 0) is 0 Å². The lowest BCUT2D eigenvalue weighted by Gasteiger charge is -2.38. The fraction of sp³-hybridized carbons (Fsp3) is 0.600.